The molecule has 3 aromatic carbocycles. The molecule has 0 aliphatic heterocycles. The van der Waals surface area contributed by atoms with E-state index in [1.165, 1.54) is 0 Å². The number of phosphoric acid groups is 1. The van der Waals surface area contributed by atoms with Gasteiger partial charge in [-0.25, -0.2) is 4.57 Å². The van der Waals surface area contributed by atoms with Gasteiger partial charge in [-0.05, 0) is 30.5 Å². The summed E-state index contributed by atoms with van der Waals surface area (Å²) < 4.78 is 17.5. The predicted molar refractivity (Wildman–Crippen MR) is 102 cm³/mol. The minimum atomic E-state index is -4.81. The zero-order chi connectivity index (χ0) is 18.8. The fourth-order valence-electron chi connectivity index (χ4n) is 3.09. The van der Waals surface area contributed by atoms with Gasteiger partial charge in [-0.3, -0.25) is 4.52 Å². The highest BCUT2D eigenvalue weighted by molar-refractivity contribution is 7.46. The summed E-state index contributed by atoms with van der Waals surface area (Å²) in [5.74, 6) is 0. The fourth-order valence-corrected chi connectivity index (χ4v) is 3.76. The highest BCUT2D eigenvalue weighted by Crippen LogP contribution is 2.52. The molecule has 0 radical (unpaired) electrons. The van der Waals surface area contributed by atoms with Gasteiger partial charge >= 0.3 is 7.82 Å². The maximum Gasteiger partial charge on any atom is 0.471 e. The fraction of sp³-hybridized carbons (Fsp3) is 0.143. The molecule has 0 amide bonds. The molecule has 0 saturated carbocycles. The molecule has 3 rings (SSSR count). The van der Waals surface area contributed by atoms with Gasteiger partial charge in [-0.1, -0.05) is 90.0 Å². The van der Waals surface area contributed by atoms with E-state index >= 15 is 0 Å². The van der Waals surface area contributed by atoms with Crippen molar-refractivity contribution in [2.75, 3.05) is 0 Å². The number of hydrogen-bond donors (Lipinski definition) is 2. The zero-order valence-corrected chi connectivity index (χ0v) is 15.6. The van der Waals surface area contributed by atoms with E-state index in [0.717, 1.165) is 11.1 Å². The van der Waals surface area contributed by atoms with E-state index in [9.17, 15) is 14.4 Å². The van der Waals surface area contributed by atoms with Crippen LogP contribution in [-0.2, 0) is 14.7 Å². The van der Waals surface area contributed by atoms with Crippen LogP contribution in [0, 0.1) is 13.8 Å². The lowest BCUT2D eigenvalue weighted by Gasteiger charge is -2.35. The molecule has 0 bridgehead atoms. The molecule has 2 N–H and O–H groups in total. The van der Waals surface area contributed by atoms with Crippen LogP contribution in [0.2, 0.25) is 0 Å². The van der Waals surface area contributed by atoms with Gasteiger partial charge in [-0.2, -0.15) is 0 Å². The first kappa shape index (κ1) is 18.6. The van der Waals surface area contributed by atoms with Gasteiger partial charge in [-0.15, -0.1) is 0 Å². The average Bonchev–Trinajstić information content (AvgIpc) is 2.61. The summed E-state index contributed by atoms with van der Waals surface area (Å²) in [4.78, 5) is 19.5. The van der Waals surface area contributed by atoms with E-state index in [0.29, 0.717) is 16.7 Å². The van der Waals surface area contributed by atoms with Crippen LogP contribution in [0.4, 0.5) is 0 Å². The maximum absolute atomic E-state index is 12.0. The van der Waals surface area contributed by atoms with Crippen LogP contribution < -0.4 is 0 Å². The quantitative estimate of drug-likeness (QED) is 0.506. The molecular weight excluding hydrogens is 347 g/mol. The molecule has 134 valence electrons. The minimum absolute atomic E-state index is 0.649. The second-order valence-corrected chi connectivity index (χ2v) is 7.52. The molecule has 0 atom stereocenters. The number of phosphoric ester groups is 1. The second-order valence-electron chi connectivity index (χ2n) is 6.36. The molecule has 5 heteroatoms. The van der Waals surface area contributed by atoms with Crippen LogP contribution in [0.25, 0.3) is 0 Å². The van der Waals surface area contributed by atoms with E-state index in [4.69, 9.17) is 4.52 Å². The van der Waals surface area contributed by atoms with Gasteiger partial charge in [0, 0.05) is 0 Å². The molecule has 0 fully saturated rings. The first-order valence-electron chi connectivity index (χ1n) is 8.27. The Morgan fingerprint density at radius 3 is 1.46 bits per heavy atom. The maximum atomic E-state index is 12.0. The normalized spacial score (nSPS) is 12.2. The molecule has 26 heavy (non-hydrogen) atoms. The number of rotatable bonds is 5. The minimum Gasteiger partial charge on any atom is -0.303 e. The third kappa shape index (κ3) is 3.79. The number of aryl methyl sites for hydroxylation is 2. The molecule has 0 unspecified atom stereocenters. The van der Waals surface area contributed by atoms with Gasteiger partial charge in [0.15, 0.2) is 5.60 Å². The third-order valence-electron chi connectivity index (χ3n) is 4.35. The van der Waals surface area contributed by atoms with Crippen molar-refractivity contribution in [1.29, 1.82) is 0 Å². The molecular formula is C21H21O4P. The van der Waals surface area contributed by atoms with E-state index in [1.54, 1.807) is 0 Å². The summed E-state index contributed by atoms with van der Waals surface area (Å²) in [6.45, 7) is 3.92. The monoisotopic (exact) mass is 368 g/mol. The van der Waals surface area contributed by atoms with Crippen molar-refractivity contribution in [3.8, 4) is 0 Å². The summed E-state index contributed by atoms with van der Waals surface area (Å²) in [6, 6.07) is 24.2. The molecule has 0 spiro atoms. The van der Waals surface area contributed by atoms with Gasteiger partial charge in [0.1, 0.15) is 0 Å². The van der Waals surface area contributed by atoms with Crippen molar-refractivity contribution in [3.63, 3.8) is 0 Å². The second kappa shape index (κ2) is 7.18. The van der Waals surface area contributed by atoms with Crippen molar-refractivity contribution in [1.82, 2.24) is 0 Å². The summed E-state index contributed by atoms with van der Waals surface area (Å²) in [5, 5.41) is 0. The molecule has 3 aromatic rings. The summed E-state index contributed by atoms with van der Waals surface area (Å²) in [6.07, 6.45) is 0. The first-order valence-corrected chi connectivity index (χ1v) is 9.80. The van der Waals surface area contributed by atoms with Crippen molar-refractivity contribution in [2.45, 2.75) is 19.4 Å². The van der Waals surface area contributed by atoms with Gasteiger partial charge in [0.2, 0.25) is 0 Å². The van der Waals surface area contributed by atoms with Crippen LogP contribution in [0.15, 0.2) is 78.9 Å². The van der Waals surface area contributed by atoms with E-state index in [-0.39, 0.29) is 0 Å². The highest BCUT2D eigenvalue weighted by atomic mass is 31.2. The molecule has 4 nitrogen and oxygen atoms in total. The number of benzene rings is 3. The lowest BCUT2D eigenvalue weighted by atomic mass is 9.80. The van der Waals surface area contributed by atoms with E-state index < -0.39 is 13.4 Å². The van der Waals surface area contributed by atoms with Crippen LogP contribution in [0.3, 0.4) is 0 Å². The van der Waals surface area contributed by atoms with Crippen molar-refractivity contribution in [3.05, 3.63) is 107 Å². The van der Waals surface area contributed by atoms with Gasteiger partial charge < -0.3 is 9.79 Å². The molecule has 0 saturated heterocycles. The van der Waals surface area contributed by atoms with Gasteiger partial charge in [0.25, 0.3) is 0 Å². The molecule has 0 aromatic heterocycles. The Morgan fingerprint density at radius 2 is 1.08 bits per heavy atom. The van der Waals surface area contributed by atoms with E-state index in [1.807, 2.05) is 92.7 Å². The zero-order valence-electron chi connectivity index (χ0n) is 14.7. The van der Waals surface area contributed by atoms with Crippen LogP contribution in [-0.4, -0.2) is 9.79 Å². The smallest absolute Gasteiger partial charge is 0.303 e. The summed E-state index contributed by atoms with van der Waals surface area (Å²) in [7, 11) is -4.81. The Balaban J connectivity index is 2.35. The number of hydrogen-bond acceptors (Lipinski definition) is 2. The molecule has 0 heterocycles. The van der Waals surface area contributed by atoms with Crippen molar-refractivity contribution < 1.29 is 18.9 Å². The lowest BCUT2D eigenvalue weighted by Crippen LogP contribution is -2.32. The van der Waals surface area contributed by atoms with Crippen molar-refractivity contribution in [2.24, 2.45) is 0 Å². The highest BCUT2D eigenvalue weighted by Gasteiger charge is 2.43. The predicted octanol–water partition coefficient (Wildman–Crippen LogP) is 4.70. The lowest BCUT2D eigenvalue weighted by molar-refractivity contribution is 0.0975. The Labute approximate surface area is 153 Å². The van der Waals surface area contributed by atoms with Crippen LogP contribution in [0.1, 0.15) is 27.8 Å². The largest absolute Gasteiger partial charge is 0.471 e. The van der Waals surface area contributed by atoms with Crippen LogP contribution in [0.5, 0.6) is 0 Å². The Kier molecular flexibility index (Phi) is 5.12. The first-order chi connectivity index (χ1) is 12.3. The van der Waals surface area contributed by atoms with Crippen molar-refractivity contribution >= 4 is 7.82 Å². The Morgan fingerprint density at radius 1 is 0.692 bits per heavy atom. The summed E-state index contributed by atoms with van der Waals surface area (Å²) >= 11 is 0. The van der Waals surface area contributed by atoms with Gasteiger partial charge in [0.05, 0.1) is 0 Å². The standard InChI is InChI=1S/C21H21O4P/c1-16-8-12-19(13-9-16)21(25-26(22,23)24,18-6-4-3-5-7-18)20-14-10-17(2)11-15-20/h3-15H,1-2H3,(H2,22,23,24). The summed E-state index contributed by atoms with van der Waals surface area (Å²) in [5.41, 5.74) is 2.65. The Bertz CT molecular complexity index is 867. The third-order valence-corrected chi connectivity index (χ3v) is 4.86. The average molecular weight is 368 g/mol. The SMILES string of the molecule is Cc1ccc(C(OP(=O)(O)O)(c2ccccc2)c2ccc(C)cc2)cc1. The molecule has 0 aliphatic carbocycles. The van der Waals surface area contributed by atoms with Crippen LogP contribution >= 0.6 is 7.82 Å². The topological polar surface area (TPSA) is 66.8 Å². The Hall–Kier alpha value is -2.23. The molecule has 0 aliphatic rings. The van der Waals surface area contributed by atoms with E-state index in [2.05, 4.69) is 0 Å².